The number of aromatic carboxylic acids is 1. The third kappa shape index (κ3) is 2.43. The Kier molecular flexibility index (Phi) is 3.26. The van der Waals surface area contributed by atoms with Gasteiger partial charge >= 0.3 is 5.97 Å². The number of thiazole rings is 1. The number of anilines is 1. The van der Waals surface area contributed by atoms with Gasteiger partial charge in [0.2, 0.25) is 0 Å². The van der Waals surface area contributed by atoms with Crippen LogP contribution in [0.4, 0.5) is 5.82 Å². The van der Waals surface area contributed by atoms with Crippen LogP contribution < -0.4 is 5.73 Å². The summed E-state index contributed by atoms with van der Waals surface area (Å²) in [7, 11) is 0. The van der Waals surface area contributed by atoms with Crippen LogP contribution in [0.15, 0.2) is 6.20 Å². The first-order valence-corrected chi connectivity index (χ1v) is 6.06. The van der Waals surface area contributed by atoms with Crippen molar-refractivity contribution in [3.05, 3.63) is 22.6 Å². The van der Waals surface area contributed by atoms with Crippen LogP contribution in [0.5, 0.6) is 0 Å². The highest BCUT2D eigenvalue weighted by atomic mass is 32.1. The average molecular weight is 278 g/mol. The molecule has 0 amide bonds. The summed E-state index contributed by atoms with van der Waals surface area (Å²) in [4.78, 5) is 34.4. The molecule has 7 nitrogen and oxygen atoms in total. The van der Waals surface area contributed by atoms with E-state index in [-0.39, 0.29) is 22.2 Å². The van der Waals surface area contributed by atoms with Gasteiger partial charge in [-0.25, -0.2) is 19.7 Å². The smallest absolute Gasteiger partial charge is 0.356 e. The Morgan fingerprint density at radius 2 is 2.05 bits per heavy atom. The highest BCUT2D eigenvalue weighted by Gasteiger charge is 2.22. The summed E-state index contributed by atoms with van der Waals surface area (Å²) >= 11 is 0.968. The van der Waals surface area contributed by atoms with Gasteiger partial charge in [0.05, 0.1) is 5.56 Å². The van der Waals surface area contributed by atoms with Gasteiger partial charge in [0.25, 0.3) is 0 Å². The number of carboxylic acids is 1. The van der Waals surface area contributed by atoms with Gasteiger partial charge in [-0.15, -0.1) is 11.3 Å². The van der Waals surface area contributed by atoms with E-state index in [1.54, 1.807) is 6.92 Å². The fraction of sp³-hybridized carbons (Fsp3) is 0.182. The van der Waals surface area contributed by atoms with Crippen LogP contribution in [0.2, 0.25) is 0 Å². The quantitative estimate of drug-likeness (QED) is 0.814. The van der Waals surface area contributed by atoms with Crippen LogP contribution >= 0.6 is 11.3 Å². The van der Waals surface area contributed by atoms with Gasteiger partial charge in [-0.3, -0.25) is 4.79 Å². The number of rotatable bonds is 3. The second-order valence-electron chi connectivity index (χ2n) is 3.77. The standard InChI is InChI=1S/C11H10N4O3S/c1-4(16)8-7(11(17)18)15-10(19-8)6-3-13-5(2)14-9(6)12/h3H,1-2H3,(H,17,18)(H2,12,13,14). The molecule has 0 atom stereocenters. The van der Waals surface area contributed by atoms with Gasteiger partial charge < -0.3 is 10.8 Å². The van der Waals surface area contributed by atoms with Crippen molar-refractivity contribution in [1.29, 1.82) is 0 Å². The largest absolute Gasteiger partial charge is 0.476 e. The number of ketones is 1. The number of nitrogens with zero attached hydrogens (tertiary/aromatic N) is 3. The van der Waals surface area contributed by atoms with Crippen molar-refractivity contribution in [2.45, 2.75) is 13.8 Å². The molecule has 0 aromatic carbocycles. The van der Waals surface area contributed by atoms with Crippen LogP contribution in [-0.2, 0) is 0 Å². The van der Waals surface area contributed by atoms with E-state index in [4.69, 9.17) is 10.8 Å². The highest BCUT2D eigenvalue weighted by Crippen LogP contribution is 2.31. The molecule has 2 heterocycles. The third-order valence-electron chi connectivity index (χ3n) is 2.32. The highest BCUT2D eigenvalue weighted by molar-refractivity contribution is 7.17. The Bertz CT molecular complexity index is 649. The molecule has 98 valence electrons. The second-order valence-corrected chi connectivity index (χ2v) is 4.77. The first-order valence-electron chi connectivity index (χ1n) is 5.24. The van der Waals surface area contributed by atoms with Gasteiger partial charge in [0.15, 0.2) is 11.5 Å². The van der Waals surface area contributed by atoms with E-state index in [0.29, 0.717) is 16.4 Å². The van der Waals surface area contributed by atoms with E-state index < -0.39 is 5.97 Å². The number of aryl methyl sites for hydroxylation is 1. The minimum atomic E-state index is -1.25. The van der Waals surface area contributed by atoms with E-state index in [0.717, 1.165) is 11.3 Å². The Morgan fingerprint density at radius 1 is 1.37 bits per heavy atom. The Balaban J connectivity index is 2.60. The lowest BCUT2D eigenvalue weighted by Crippen LogP contribution is -2.03. The van der Waals surface area contributed by atoms with Crippen molar-refractivity contribution in [2.24, 2.45) is 0 Å². The van der Waals surface area contributed by atoms with Gasteiger partial charge in [-0.2, -0.15) is 0 Å². The summed E-state index contributed by atoms with van der Waals surface area (Å²) in [6, 6.07) is 0. The molecule has 0 aliphatic heterocycles. The molecular weight excluding hydrogens is 268 g/mol. The summed E-state index contributed by atoms with van der Waals surface area (Å²) in [5.41, 5.74) is 5.90. The molecule has 3 N–H and O–H groups in total. The molecule has 2 aromatic heterocycles. The molecule has 0 saturated carbocycles. The summed E-state index contributed by atoms with van der Waals surface area (Å²) in [5.74, 6) is -0.900. The van der Waals surface area contributed by atoms with Crippen LogP contribution in [0.25, 0.3) is 10.6 Å². The summed E-state index contributed by atoms with van der Waals surface area (Å²) in [5, 5.41) is 9.34. The Morgan fingerprint density at radius 3 is 2.53 bits per heavy atom. The lowest BCUT2D eigenvalue weighted by Gasteiger charge is -2.00. The number of aromatic nitrogens is 3. The van der Waals surface area contributed by atoms with Crippen molar-refractivity contribution in [3.8, 4) is 10.6 Å². The number of Topliss-reactive ketones (excluding diaryl/α,β-unsaturated/α-hetero) is 1. The molecule has 0 aliphatic carbocycles. The molecular formula is C11H10N4O3S. The van der Waals surface area contributed by atoms with Gasteiger partial charge in [-0.1, -0.05) is 0 Å². The lowest BCUT2D eigenvalue weighted by molar-refractivity contribution is 0.0687. The van der Waals surface area contributed by atoms with E-state index >= 15 is 0 Å². The molecule has 0 aliphatic rings. The van der Waals surface area contributed by atoms with Gasteiger partial charge in [0, 0.05) is 13.1 Å². The molecule has 0 fully saturated rings. The van der Waals surface area contributed by atoms with E-state index in [9.17, 15) is 9.59 Å². The van der Waals surface area contributed by atoms with E-state index in [2.05, 4.69) is 15.0 Å². The number of hydrogen-bond donors (Lipinski definition) is 2. The number of carbonyl (C=O) groups is 2. The Hall–Kier alpha value is -2.35. The van der Waals surface area contributed by atoms with Crippen LogP contribution in [0.3, 0.4) is 0 Å². The Labute approximate surface area is 112 Å². The van der Waals surface area contributed by atoms with Gasteiger partial charge in [-0.05, 0) is 6.92 Å². The number of nitrogen functional groups attached to an aromatic ring is 1. The first kappa shape index (κ1) is 13.1. The molecule has 0 saturated heterocycles. The maximum Gasteiger partial charge on any atom is 0.356 e. The second kappa shape index (κ2) is 4.73. The summed E-state index contributed by atoms with van der Waals surface area (Å²) in [6.07, 6.45) is 1.46. The SMILES string of the molecule is CC(=O)c1sc(-c2cnc(C)nc2N)nc1C(=O)O. The molecule has 2 rings (SSSR count). The molecule has 2 aromatic rings. The zero-order chi connectivity index (χ0) is 14.2. The number of hydrogen-bond acceptors (Lipinski definition) is 7. The topological polar surface area (TPSA) is 119 Å². The van der Waals surface area contributed by atoms with Crippen molar-refractivity contribution < 1.29 is 14.7 Å². The zero-order valence-electron chi connectivity index (χ0n) is 10.2. The van der Waals surface area contributed by atoms with Crippen molar-refractivity contribution >= 4 is 28.9 Å². The van der Waals surface area contributed by atoms with E-state index in [1.807, 2.05) is 0 Å². The minimum absolute atomic E-state index is 0.0856. The van der Waals surface area contributed by atoms with Crippen molar-refractivity contribution in [1.82, 2.24) is 15.0 Å². The number of nitrogens with two attached hydrogens (primary N) is 1. The predicted octanol–water partition coefficient (Wildman–Crippen LogP) is 1.39. The molecule has 0 radical (unpaired) electrons. The summed E-state index contributed by atoms with van der Waals surface area (Å²) < 4.78 is 0. The first-order chi connectivity index (χ1) is 8.90. The molecule has 8 heteroatoms. The predicted molar refractivity (Wildman–Crippen MR) is 69.3 cm³/mol. The van der Waals surface area contributed by atoms with Gasteiger partial charge in [0.1, 0.15) is 21.5 Å². The zero-order valence-corrected chi connectivity index (χ0v) is 11.0. The maximum atomic E-state index is 11.4. The fourth-order valence-electron chi connectivity index (χ4n) is 1.47. The maximum absolute atomic E-state index is 11.4. The molecule has 0 bridgehead atoms. The summed E-state index contributed by atoms with van der Waals surface area (Å²) in [6.45, 7) is 2.98. The van der Waals surface area contributed by atoms with Crippen LogP contribution in [-0.4, -0.2) is 31.8 Å². The molecule has 19 heavy (non-hydrogen) atoms. The van der Waals surface area contributed by atoms with Crippen molar-refractivity contribution in [2.75, 3.05) is 5.73 Å². The molecule has 0 unspecified atom stereocenters. The van der Waals surface area contributed by atoms with Crippen LogP contribution in [0.1, 0.15) is 32.9 Å². The third-order valence-corrected chi connectivity index (χ3v) is 3.51. The van der Waals surface area contributed by atoms with Crippen LogP contribution in [0, 0.1) is 6.92 Å². The number of carboxylic acid groups (broad SMARTS) is 1. The lowest BCUT2D eigenvalue weighted by atomic mass is 10.3. The number of carbonyl (C=O) groups excluding carboxylic acids is 1. The normalized spacial score (nSPS) is 10.4. The minimum Gasteiger partial charge on any atom is -0.476 e. The average Bonchev–Trinajstić information content (AvgIpc) is 2.73. The van der Waals surface area contributed by atoms with Crippen molar-refractivity contribution in [3.63, 3.8) is 0 Å². The fourth-order valence-corrected chi connectivity index (χ4v) is 2.44. The monoisotopic (exact) mass is 278 g/mol. The molecule has 0 spiro atoms. The van der Waals surface area contributed by atoms with E-state index in [1.165, 1.54) is 13.1 Å².